The molecule has 1 saturated heterocycles. The van der Waals surface area contributed by atoms with Gasteiger partial charge in [-0.2, -0.15) is 0 Å². The summed E-state index contributed by atoms with van der Waals surface area (Å²) in [5, 5.41) is 6.21. The van der Waals surface area contributed by atoms with Crippen molar-refractivity contribution < 1.29 is 9.53 Å². The van der Waals surface area contributed by atoms with Gasteiger partial charge < -0.3 is 20.3 Å². The van der Waals surface area contributed by atoms with Crippen LogP contribution in [0, 0.1) is 6.92 Å². The van der Waals surface area contributed by atoms with E-state index in [2.05, 4.69) is 32.7 Å². The Balaban J connectivity index is 1.40. The lowest BCUT2D eigenvalue weighted by atomic mass is 10.1. The standard InChI is InChI=1S/C18H28N4O2/c1-13-3-6-17(19-12-13)22-9-7-14(8-10-22)20-18(23)21-15-4-5-16(11-15)24-2/h3,6,12,14-16H,4-5,7-11H2,1-2H3,(H2,20,21,23)/t15-,16+/m1/s1. The quantitative estimate of drug-likeness (QED) is 0.887. The van der Waals surface area contributed by atoms with Crippen molar-refractivity contribution in [2.45, 2.75) is 57.2 Å². The minimum atomic E-state index is -0.0383. The Morgan fingerprint density at radius 1 is 1.17 bits per heavy atom. The van der Waals surface area contributed by atoms with Crippen molar-refractivity contribution in [1.29, 1.82) is 0 Å². The van der Waals surface area contributed by atoms with Gasteiger partial charge in [0.2, 0.25) is 0 Å². The maximum atomic E-state index is 12.2. The highest BCUT2D eigenvalue weighted by molar-refractivity contribution is 5.74. The lowest BCUT2D eigenvalue weighted by molar-refractivity contribution is 0.107. The summed E-state index contributed by atoms with van der Waals surface area (Å²) < 4.78 is 5.35. The molecule has 24 heavy (non-hydrogen) atoms. The molecule has 0 radical (unpaired) electrons. The van der Waals surface area contributed by atoms with Gasteiger partial charge in [0.1, 0.15) is 5.82 Å². The third-order valence-corrected chi connectivity index (χ3v) is 5.10. The molecule has 2 aliphatic rings. The highest BCUT2D eigenvalue weighted by Gasteiger charge is 2.27. The van der Waals surface area contributed by atoms with Gasteiger partial charge in [-0.05, 0) is 50.7 Å². The number of carbonyl (C=O) groups is 1. The molecule has 3 rings (SSSR count). The number of piperidine rings is 1. The van der Waals surface area contributed by atoms with Gasteiger partial charge in [-0.15, -0.1) is 0 Å². The zero-order valence-electron chi connectivity index (χ0n) is 14.6. The molecule has 6 nitrogen and oxygen atoms in total. The van der Waals surface area contributed by atoms with Crippen LogP contribution in [0.25, 0.3) is 0 Å². The molecule has 0 aromatic carbocycles. The van der Waals surface area contributed by atoms with E-state index >= 15 is 0 Å². The average molecular weight is 332 g/mol. The van der Waals surface area contributed by atoms with Crippen molar-refractivity contribution in [3.05, 3.63) is 23.9 Å². The molecular weight excluding hydrogens is 304 g/mol. The van der Waals surface area contributed by atoms with Crippen LogP contribution in [0.5, 0.6) is 0 Å². The number of carbonyl (C=O) groups excluding carboxylic acids is 1. The Bertz CT molecular complexity index is 540. The van der Waals surface area contributed by atoms with Crippen molar-refractivity contribution in [2.24, 2.45) is 0 Å². The van der Waals surface area contributed by atoms with E-state index in [1.54, 1.807) is 7.11 Å². The van der Waals surface area contributed by atoms with Crippen LogP contribution >= 0.6 is 0 Å². The minimum Gasteiger partial charge on any atom is -0.381 e. The summed E-state index contributed by atoms with van der Waals surface area (Å²) >= 11 is 0. The van der Waals surface area contributed by atoms with Gasteiger partial charge in [0.05, 0.1) is 6.10 Å². The Hall–Kier alpha value is -1.82. The van der Waals surface area contributed by atoms with E-state index in [1.165, 1.54) is 5.56 Å². The van der Waals surface area contributed by atoms with Gasteiger partial charge in [-0.3, -0.25) is 0 Å². The third-order valence-electron chi connectivity index (χ3n) is 5.10. The molecule has 0 spiro atoms. The Labute approximate surface area is 144 Å². The lowest BCUT2D eigenvalue weighted by Crippen LogP contribution is -2.50. The van der Waals surface area contributed by atoms with E-state index in [0.29, 0.717) is 6.10 Å². The second-order valence-electron chi connectivity index (χ2n) is 6.94. The summed E-state index contributed by atoms with van der Waals surface area (Å²) in [5.74, 6) is 1.03. The summed E-state index contributed by atoms with van der Waals surface area (Å²) in [7, 11) is 1.74. The van der Waals surface area contributed by atoms with Crippen molar-refractivity contribution in [3.8, 4) is 0 Å². The molecule has 2 N–H and O–H groups in total. The monoisotopic (exact) mass is 332 g/mol. The van der Waals surface area contributed by atoms with Gasteiger partial charge in [-0.25, -0.2) is 9.78 Å². The molecule has 132 valence electrons. The van der Waals surface area contributed by atoms with Crippen LogP contribution in [0.2, 0.25) is 0 Å². The number of anilines is 1. The number of urea groups is 1. The highest BCUT2D eigenvalue weighted by Crippen LogP contribution is 2.21. The summed E-state index contributed by atoms with van der Waals surface area (Å²) in [4.78, 5) is 18.9. The minimum absolute atomic E-state index is 0.0383. The van der Waals surface area contributed by atoms with Crippen molar-refractivity contribution in [3.63, 3.8) is 0 Å². The first kappa shape index (κ1) is 17.0. The molecule has 2 atom stereocenters. The molecule has 1 aromatic rings. The zero-order chi connectivity index (χ0) is 16.9. The van der Waals surface area contributed by atoms with Gasteiger partial charge in [0.15, 0.2) is 0 Å². The van der Waals surface area contributed by atoms with Gasteiger partial charge in [0, 0.05) is 38.5 Å². The summed E-state index contributed by atoms with van der Waals surface area (Å²) in [6, 6.07) is 4.61. The van der Waals surface area contributed by atoms with E-state index in [-0.39, 0.29) is 18.1 Å². The number of rotatable bonds is 4. The number of ether oxygens (including phenoxy) is 1. The fraction of sp³-hybridized carbons (Fsp3) is 0.667. The molecule has 0 bridgehead atoms. The number of aryl methyl sites for hydroxylation is 1. The van der Waals surface area contributed by atoms with E-state index in [0.717, 1.165) is 51.0 Å². The van der Waals surface area contributed by atoms with E-state index in [1.807, 2.05) is 13.1 Å². The lowest BCUT2D eigenvalue weighted by Gasteiger charge is -2.33. The van der Waals surface area contributed by atoms with Gasteiger partial charge in [-0.1, -0.05) is 6.07 Å². The first-order valence-electron chi connectivity index (χ1n) is 8.91. The zero-order valence-corrected chi connectivity index (χ0v) is 14.6. The van der Waals surface area contributed by atoms with E-state index in [9.17, 15) is 4.79 Å². The molecule has 1 aliphatic carbocycles. The Kier molecular flexibility index (Phi) is 5.56. The second-order valence-corrected chi connectivity index (χ2v) is 6.94. The number of hydrogen-bond acceptors (Lipinski definition) is 4. The molecule has 2 heterocycles. The number of aromatic nitrogens is 1. The van der Waals surface area contributed by atoms with Crippen LogP contribution in [0.3, 0.4) is 0 Å². The van der Waals surface area contributed by atoms with Crippen molar-refractivity contribution in [2.75, 3.05) is 25.1 Å². The Morgan fingerprint density at radius 3 is 2.54 bits per heavy atom. The van der Waals surface area contributed by atoms with Crippen LogP contribution in [0.1, 0.15) is 37.7 Å². The number of methoxy groups -OCH3 is 1. The highest BCUT2D eigenvalue weighted by atomic mass is 16.5. The van der Waals surface area contributed by atoms with E-state index < -0.39 is 0 Å². The normalized spacial score (nSPS) is 24.8. The predicted molar refractivity (Wildman–Crippen MR) is 94.3 cm³/mol. The van der Waals surface area contributed by atoms with Gasteiger partial charge in [0.25, 0.3) is 0 Å². The average Bonchev–Trinajstić information content (AvgIpc) is 3.04. The smallest absolute Gasteiger partial charge is 0.315 e. The summed E-state index contributed by atoms with van der Waals surface area (Å²) in [5.41, 5.74) is 1.18. The van der Waals surface area contributed by atoms with Crippen LogP contribution in [0.4, 0.5) is 10.6 Å². The maximum absolute atomic E-state index is 12.2. The van der Waals surface area contributed by atoms with Crippen molar-refractivity contribution >= 4 is 11.8 Å². The SMILES string of the molecule is CO[C@H]1CC[C@@H](NC(=O)NC2CCN(c3ccc(C)cn3)CC2)C1. The molecule has 1 saturated carbocycles. The molecule has 6 heteroatoms. The topological polar surface area (TPSA) is 66.5 Å². The number of amides is 2. The molecule has 1 aliphatic heterocycles. The molecular formula is C18H28N4O2. The Morgan fingerprint density at radius 2 is 1.92 bits per heavy atom. The molecule has 0 unspecified atom stereocenters. The summed E-state index contributed by atoms with van der Waals surface area (Å²) in [6.45, 7) is 3.90. The van der Waals surface area contributed by atoms with Crippen LogP contribution in [-0.4, -0.2) is 49.4 Å². The van der Waals surface area contributed by atoms with Gasteiger partial charge >= 0.3 is 6.03 Å². The third kappa shape index (κ3) is 4.38. The van der Waals surface area contributed by atoms with Crippen LogP contribution < -0.4 is 15.5 Å². The first-order chi connectivity index (χ1) is 11.6. The van der Waals surface area contributed by atoms with Crippen molar-refractivity contribution in [1.82, 2.24) is 15.6 Å². The van der Waals surface area contributed by atoms with Crippen LogP contribution in [0.15, 0.2) is 18.3 Å². The first-order valence-corrected chi connectivity index (χ1v) is 8.91. The van der Waals surface area contributed by atoms with E-state index in [4.69, 9.17) is 4.74 Å². The largest absolute Gasteiger partial charge is 0.381 e. The number of pyridine rings is 1. The van der Waals surface area contributed by atoms with Crippen LogP contribution in [-0.2, 0) is 4.74 Å². The number of hydrogen-bond donors (Lipinski definition) is 2. The molecule has 2 amide bonds. The number of nitrogens with one attached hydrogen (secondary N) is 2. The second kappa shape index (κ2) is 7.83. The summed E-state index contributed by atoms with van der Waals surface area (Å²) in [6.07, 6.45) is 7.06. The fourth-order valence-corrected chi connectivity index (χ4v) is 3.60. The maximum Gasteiger partial charge on any atom is 0.315 e. The molecule has 1 aromatic heterocycles. The molecule has 2 fully saturated rings. The predicted octanol–water partition coefficient (Wildman–Crippen LogP) is 2.23. The fourth-order valence-electron chi connectivity index (χ4n) is 3.60. The number of nitrogens with zero attached hydrogens (tertiary/aromatic N) is 2.